The first-order valence-electron chi connectivity index (χ1n) is 10.4. The highest BCUT2D eigenvalue weighted by molar-refractivity contribution is 8.04. The first-order chi connectivity index (χ1) is 16.9. The molecule has 2 aliphatic heterocycles. The lowest BCUT2D eigenvalue weighted by molar-refractivity contribution is -0.150. The normalized spacial score (nSPS) is 19.7. The summed E-state index contributed by atoms with van der Waals surface area (Å²) in [6, 6.07) is 8.18. The fourth-order valence-electron chi connectivity index (χ4n) is 3.81. The predicted octanol–water partition coefficient (Wildman–Crippen LogP) is 3.31. The van der Waals surface area contributed by atoms with Gasteiger partial charge >= 0.3 is 5.97 Å². The van der Waals surface area contributed by atoms with Crippen LogP contribution >= 0.6 is 46.2 Å². The summed E-state index contributed by atoms with van der Waals surface area (Å²) >= 11 is 5.59. The van der Waals surface area contributed by atoms with Crippen molar-refractivity contribution in [1.82, 2.24) is 15.2 Å². The first kappa shape index (κ1) is 23.8. The largest absolute Gasteiger partial charge is 0.477 e. The van der Waals surface area contributed by atoms with E-state index in [1.165, 1.54) is 51.1 Å². The zero-order valence-corrected chi connectivity index (χ0v) is 21.1. The fraction of sp³-hybridized carbons (Fsp3) is 0.174. The summed E-state index contributed by atoms with van der Waals surface area (Å²) in [7, 11) is 0. The van der Waals surface area contributed by atoms with Crippen molar-refractivity contribution in [3.8, 4) is 0 Å². The van der Waals surface area contributed by atoms with Crippen molar-refractivity contribution in [3.05, 3.63) is 79.9 Å². The van der Waals surface area contributed by atoms with E-state index in [0.717, 1.165) is 8.91 Å². The topological polar surface area (TPSA) is 117 Å². The summed E-state index contributed by atoms with van der Waals surface area (Å²) in [6.07, 6.45) is 1.74. The average Bonchev–Trinajstić information content (AvgIpc) is 3.35. The van der Waals surface area contributed by atoms with Crippen LogP contribution in [0.4, 0.5) is 0 Å². The predicted molar refractivity (Wildman–Crippen MR) is 139 cm³/mol. The number of thioether (sulfide) groups is 2. The van der Waals surface area contributed by atoms with Crippen LogP contribution in [0.1, 0.15) is 5.69 Å². The van der Waals surface area contributed by atoms with Crippen LogP contribution in [0.3, 0.4) is 0 Å². The number of carbonyl (C=O) groups excluding carboxylic acids is 2. The van der Waals surface area contributed by atoms with Crippen LogP contribution in [-0.4, -0.2) is 49.9 Å². The number of nitrogens with zero attached hydrogens (tertiary/aromatic N) is 2. The van der Waals surface area contributed by atoms with Gasteiger partial charge in [0.15, 0.2) is 5.43 Å². The van der Waals surface area contributed by atoms with E-state index in [-0.39, 0.29) is 23.5 Å². The van der Waals surface area contributed by atoms with Gasteiger partial charge in [-0.05, 0) is 29.2 Å². The Hall–Kier alpha value is -2.93. The molecule has 2 N–H and O–H groups in total. The van der Waals surface area contributed by atoms with Crippen molar-refractivity contribution in [2.24, 2.45) is 0 Å². The molecule has 4 heterocycles. The molecule has 1 saturated heterocycles. The number of hydrogen-bond acceptors (Lipinski definition) is 9. The lowest BCUT2D eigenvalue weighted by Crippen LogP contribution is -2.70. The summed E-state index contributed by atoms with van der Waals surface area (Å²) in [4.78, 5) is 54.7. The van der Waals surface area contributed by atoms with Gasteiger partial charge in [0.25, 0.3) is 5.91 Å². The summed E-state index contributed by atoms with van der Waals surface area (Å²) in [5.41, 5.74) is 2.62. The number of carboxylic acids is 1. The average molecular weight is 544 g/mol. The highest BCUT2D eigenvalue weighted by Gasteiger charge is 2.53. The molecule has 2 aliphatic rings. The van der Waals surface area contributed by atoms with Crippen LogP contribution in [0.15, 0.2) is 73.0 Å². The van der Waals surface area contributed by atoms with Crippen LogP contribution in [0.25, 0.3) is 10.1 Å². The Morgan fingerprint density at radius 2 is 2.11 bits per heavy atom. The smallest absolute Gasteiger partial charge is 0.352 e. The molecular formula is C23H17N3O5S4. The standard InChI is InChI=1S/C23H17N3O5S4/c27-15-8-18(35-16-4-2-1-3-14(15)16)33-6-5-12-9-34-22-19(21(29)26(22)20(12)23(30)31)25-17(28)7-13-10-32-11-24-13/h1-6,8,10-11,19,22H,7,9H2,(H,25,28)(H,30,31)/t19?,22-/m0/s1. The van der Waals surface area contributed by atoms with Gasteiger partial charge in [0.2, 0.25) is 5.91 Å². The van der Waals surface area contributed by atoms with Crippen molar-refractivity contribution >= 4 is 74.1 Å². The number of carbonyl (C=O) groups is 3. The minimum absolute atomic E-state index is 0.0641. The van der Waals surface area contributed by atoms with E-state index in [0.29, 0.717) is 22.4 Å². The summed E-state index contributed by atoms with van der Waals surface area (Å²) in [5.74, 6) is -1.60. The number of benzene rings is 1. The number of carboxylic acid groups (broad SMARTS) is 1. The highest BCUT2D eigenvalue weighted by atomic mass is 32.2. The molecule has 12 heteroatoms. The minimum atomic E-state index is -1.20. The molecule has 0 radical (unpaired) electrons. The maximum Gasteiger partial charge on any atom is 0.352 e. The number of aromatic nitrogens is 1. The third-order valence-corrected chi connectivity index (χ3v) is 9.40. The lowest BCUT2D eigenvalue weighted by Gasteiger charge is -2.49. The van der Waals surface area contributed by atoms with Gasteiger partial charge in [0.05, 0.1) is 21.8 Å². The fourth-order valence-corrected chi connectivity index (χ4v) is 7.66. The van der Waals surface area contributed by atoms with Crippen LogP contribution in [0, 0.1) is 0 Å². The molecule has 1 unspecified atom stereocenters. The van der Waals surface area contributed by atoms with E-state index in [1.54, 1.807) is 34.5 Å². The second-order valence-electron chi connectivity index (χ2n) is 7.64. The molecule has 2 aromatic heterocycles. The van der Waals surface area contributed by atoms with Gasteiger partial charge in [-0.2, -0.15) is 0 Å². The third kappa shape index (κ3) is 4.79. The van der Waals surface area contributed by atoms with Crippen LogP contribution in [0.2, 0.25) is 0 Å². The van der Waals surface area contributed by atoms with E-state index in [9.17, 15) is 24.3 Å². The van der Waals surface area contributed by atoms with Crippen LogP contribution < -0.4 is 10.7 Å². The summed E-state index contributed by atoms with van der Waals surface area (Å²) < 4.78 is 1.66. The summed E-state index contributed by atoms with van der Waals surface area (Å²) in [6.45, 7) is 0. The number of β-lactam (4-membered cyclic amide) rings is 1. The Morgan fingerprint density at radius 3 is 2.89 bits per heavy atom. The second kappa shape index (κ2) is 9.97. The Kier molecular flexibility index (Phi) is 6.78. The van der Waals surface area contributed by atoms with Gasteiger partial charge in [0.1, 0.15) is 17.1 Å². The van der Waals surface area contributed by atoms with Crippen molar-refractivity contribution in [2.45, 2.75) is 22.0 Å². The highest BCUT2D eigenvalue weighted by Crippen LogP contribution is 2.41. The minimum Gasteiger partial charge on any atom is -0.477 e. The molecule has 5 rings (SSSR count). The molecule has 8 nitrogen and oxygen atoms in total. The Balaban J connectivity index is 1.30. The Labute approximate surface area is 215 Å². The zero-order valence-electron chi connectivity index (χ0n) is 17.9. The molecule has 0 saturated carbocycles. The molecular weight excluding hydrogens is 527 g/mol. The Bertz CT molecular complexity index is 1450. The van der Waals surface area contributed by atoms with Gasteiger partial charge in [-0.25, -0.2) is 9.78 Å². The van der Waals surface area contributed by atoms with Gasteiger partial charge in [-0.3, -0.25) is 19.3 Å². The second-order valence-corrected chi connectivity index (χ2v) is 11.8. The lowest BCUT2D eigenvalue weighted by atomic mass is 10.0. The molecule has 3 aromatic rings. The van der Waals surface area contributed by atoms with Gasteiger partial charge in [-0.1, -0.05) is 23.9 Å². The van der Waals surface area contributed by atoms with Gasteiger partial charge < -0.3 is 10.4 Å². The molecule has 2 atom stereocenters. The van der Waals surface area contributed by atoms with E-state index >= 15 is 0 Å². The van der Waals surface area contributed by atoms with E-state index in [4.69, 9.17) is 0 Å². The molecule has 0 aliphatic carbocycles. The van der Waals surface area contributed by atoms with E-state index in [2.05, 4.69) is 10.3 Å². The van der Waals surface area contributed by atoms with Crippen molar-refractivity contribution in [2.75, 3.05) is 5.75 Å². The Morgan fingerprint density at radius 1 is 1.29 bits per heavy atom. The number of nitrogens with one attached hydrogen (secondary N) is 1. The van der Waals surface area contributed by atoms with Crippen molar-refractivity contribution in [1.29, 1.82) is 0 Å². The van der Waals surface area contributed by atoms with Gasteiger partial charge in [0, 0.05) is 27.3 Å². The molecule has 0 spiro atoms. The number of aliphatic carboxylic acids is 1. The first-order valence-corrected chi connectivity index (χ1v) is 14.0. The van der Waals surface area contributed by atoms with Crippen molar-refractivity contribution < 1.29 is 19.5 Å². The van der Waals surface area contributed by atoms with Crippen molar-refractivity contribution in [3.63, 3.8) is 0 Å². The maximum absolute atomic E-state index is 12.8. The number of fused-ring (bicyclic) bond motifs is 2. The molecule has 0 bridgehead atoms. The number of thiazole rings is 1. The van der Waals surface area contributed by atoms with Gasteiger partial charge in [-0.15, -0.1) is 34.4 Å². The number of hydrogen-bond donors (Lipinski definition) is 2. The van der Waals surface area contributed by atoms with Crippen LogP contribution in [0.5, 0.6) is 0 Å². The number of allylic oxidation sites excluding steroid dienone is 1. The maximum atomic E-state index is 12.8. The number of rotatable bonds is 7. The van der Waals surface area contributed by atoms with E-state index < -0.39 is 23.3 Å². The van der Waals surface area contributed by atoms with E-state index in [1.807, 2.05) is 18.2 Å². The third-order valence-electron chi connectivity index (χ3n) is 5.41. The quantitative estimate of drug-likeness (QED) is 0.344. The molecule has 1 fully saturated rings. The molecule has 35 heavy (non-hydrogen) atoms. The zero-order chi connectivity index (χ0) is 24.5. The molecule has 178 valence electrons. The molecule has 1 aromatic carbocycles. The SMILES string of the molecule is O=C(Cc1cscn1)NC1C(=O)N2C(C(=O)O)=C(C=CSc3cc(=O)c4ccccc4s3)CS[C@@H]12. The van der Waals surface area contributed by atoms with Crippen LogP contribution in [-0.2, 0) is 20.8 Å². The summed E-state index contributed by atoms with van der Waals surface area (Å²) in [5, 5.41) is 16.2. The monoisotopic (exact) mass is 543 g/mol. The molecule has 2 amide bonds. The number of amides is 2.